The minimum absolute atomic E-state index is 0.167. The van der Waals surface area contributed by atoms with E-state index in [1.165, 1.54) is 11.8 Å². The molecule has 424 valence electrons. The third-order valence-electron chi connectivity index (χ3n) is 13.8. The van der Waals surface area contributed by atoms with Gasteiger partial charge in [0.05, 0.1) is 72.4 Å². The van der Waals surface area contributed by atoms with E-state index in [1.54, 1.807) is 121 Å². The Morgan fingerprint density at radius 1 is 0.277 bits per heavy atom. The molecule has 0 spiro atoms. The fourth-order valence-corrected chi connectivity index (χ4v) is 12.5. The summed E-state index contributed by atoms with van der Waals surface area (Å²) in [6.45, 7) is 0.966. The molecule has 2 aliphatic rings. The number of ether oxygens (including phenoxy) is 9. The molecule has 8 aromatic carbocycles. The largest absolute Gasteiger partial charge is 0.453 e. The molecule has 2 saturated heterocycles. The van der Waals surface area contributed by atoms with Crippen molar-refractivity contribution in [3.05, 3.63) is 287 Å². The summed E-state index contributed by atoms with van der Waals surface area (Å²) in [5.41, 5.74) is 2.35. The quantitative estimate of drug-likeness (QED) is 0.0416. The summed E-state index contributed by atoms with van der Waals surface area (Å²) >= 11 is 2.52. The van der Waals surface area contributed by atoms with Crippen LogP contribution in [-0.2, 0) is 69.1 Å². The van der Waals surface area contributed by atoms with Crippen LogP contribution in [0.5, 0.6) is 0 Å². The number of thioether (sulfide) groups is 2. The Bertz CT molecular complexity index is 3260. The van der Waals surface area contributed by atoms with Gasteiger partial charge in [-0.15, -0.1) is 23.5 Å². The molecule has 0 N–H and O–H groups in total. The second-order valence-electron chi connectivity index (χ2n) is 19.7. The molecular formula is C68H62O13S2. The van der Waals surface area contributed by atoms with E-state index < -0.39 is 81.9 Å². The third kappa shape index (κ3) is 16.2. The number of benzene rings is 8. The smallest absolute Gasteiger partial charge is 0.339 e. The van der Waals surface area contributed by atoms with Gasteiger partial charge in [0, 0.05) is 0 Å². The fourth-order valence-electron chi connectivity index (χ4n) is 9.63. The molecule has 2 aliphatic heterocycles. The lowest BCUT2D eigenvalue weighted by Crippen LogP contribution is -2.61. The van der Waals surface area contributed by atoms with Crippen LogP contribution in [-0.4, -0.2) is 95.1 Å². The Morgan fingerprint density at radius 3 is 1.01 bits per heavy atom. The van der Waals surface area contributed by atoms with E-state index in [2.05, 4.69) is 0 Å². The van der Waals surface area contributed by atoms with E-state index in [0.717, 1.165) is 34.0 Å². The minimum Gasteiger partial charge on any atom is -0.453 e. The van der Waals surface area contributed by atoms with Crippen molar-refractivity contribution in [2.24, 2.45) is 0 Å². The lowest BCUT2D eigenvalue weighted by atomic mass is 10.0. The van der Waals surface area contributed by atoms with Gasteiger partial charge in [-0.3, -0.25) is 0 Å². The molecule has 8 aromatic rings. The highest BCUT2D eigenvalue weighted by atomic mass is 32.2. The van der Waals surface area contributed by atoms with E-state index in [4.69, 9.17) is 42.6 Å². The molecule has 0 aliphatic carbocycles. The Balaban J connectivity index is 1.05. The normalized spacial score (nSPS) is 22.1. The van der Waals surface area contributed by atoms with Gasteiger partial charge in [-0.1, -0.05) is 194 Å². The molecule has 0 unspecified atom stereocenters. The first-order valence-corrected chi connectivity index (χ1v) is 29.3. The lowest BCUT2D eigenvalue weighted by Gasteiger charge is -2.47. The van der Waals surface area contributed by atoms with Crippen LogP contribution in [0.3, 0.4) is 0 Å². The van der Waals surface area contributed by atoms with Crippen LogP contribution in [0.1, 0.15) is 63.7 Å². The SMILES string of the molecule is O=C(O[C@@H]1[C@@H](OC(=O)c2ccccc2)[C@@H](OC(=O)c2ccccc2)S[C@H](CO[C@H]2S[C@H](COCc3ccccc3)[C@@H](OCc3ccccc3)[C@H](OCc3ccccc3)[C@H]2OCc2ccccc2)[C@H]1OC(=O)c1ccccc1)c1ccccc1. The monoisotopic (exact) mass is 1150 g/mol. The first-order chi connectivity index (χ1) is 40.8. The molecular weight excluding hydrogens is 1090 g/mol. The zero-order valence-corrected chi connectivity index (χ0v) is 46.9. The third-order valence-corrected chi connectivity index (χ3v) is 16.7. The maximum absolute atomic E-state index is 14.5. The number of rotatable bonds is 24. The molecule has 2 fully saturated rings. The summed E-state index contributed by atoms with van der Waals surface area (Å²) in [5.74, 6) is -3.11. The minimum atomic E-state index is -1.59. The van der Waals surface area contributed by atoms with E-state index in [-0.39, 0.29) is 55.3 Å². The van der Waals surface area contributed by atoms with Crippen LogP contribution < -0.4 is 0 Å². The number of carbonyl (C=O) groups excluding carboxylic acids is 4. The van der Waals surface area contributed by atoms with Crippen molar-refractivity contribution < 1.29 is 61.8 Å². The molecule has 10 atom stereocenters. The molecule has 83 heavy (non-hydrogen) atoms. The summed E-state index contributed by atoms with van der Waals surface area (Å²) < 4.78 is 60.6. The van der Waals surface area contributed by atoms with Crippen LogP contribution >= 0.6 is 23.5 Å². The van der Waals surface area contributed by atoms with Gasteiger partial charge in [0.15, 0.2) is 23.7 Å². The average Bonchev–Trinajstić information content (AvgIpc) is 3.59. The van der Waals surface area contributed by atoms with E-state index in [0.29, 0.717) is 6.61 Å². The van der Waals surface area contributed by atoms with Gasteiger partial charge in [-0.2, -0.15) is 0 Å². The van der Waals surface area contributed by atoms with Gasteiger partial charge in [0.25, 0.3) is 0 Å². The molecule has 0 saturated carbocycles. The summed E-state index contributed by atoms with van der Waals surface area (Å²) in [6.07, 6.45) is -6.76. The van der Waals surface area contributed by atoms with Crippen molar-refractivity contribution in [1.82, 2.24) is 0 Å². The molecule has 0 amide bonds. The highest BCUT2D eigenvalue weighted by Gasteiger charge is 2.55. The first-order valence-electron chi connectivity index (χ1n) is 27.4. The van der Waals surface area contributed by atoms with E-state index in [9.17, 15) is 19.2 Å². The van der Waals surface area contributed by atoms with Gasteiger partial charge in [-0.25, -0.2) is 19.2 Å². The van der Waals surface area contributed by atoms with Gasteiger partial charge < -0.3 is 42.6 Å². The highest BCUT2D eigenvalue weighted by molar-refractivity contribution is 8.00. The summed E-state index contributed by atoms with van der Waals surface area (Å²) in [4.78, 5) is 57.6. The topological polar surface area (TPSA) is 151 Å². The van der Waals surface area contributed by atoms with Crippen molar-refractivity contribution in [3.8, 4) is 0 Å². The number of hydrogen-bond donors (Lipinski definition) is 0. The van der Waals surface area contributed by atoms with E-state index in [1.807, 2.05) is 121 Å². The highest BCUT2D eigenvalue weighted by Crippen LogP contribution is 2.44. The van der Waals surface area contributed by atoms with Gasteiger partial charge >= 0.3 is 23.9 Å². The van der Waals surface area contributed by atoms with E-state index >= 15 is 0 Å². The maximum atomic E-state index is 14.5. The Morgan fingerprint density at radius 2 is 0.590 bits per heavy atom. The van der Waals surface area contributed by atoms with Crippen LogP contribution in [0.2, 0.25) is 0 Å². The van der Waals surface area contributed by atoms with Crippen molar-refractivity contribution in [2.45, 2.75) is 84.4 Å². The lowest BCUT2D eigenvalue weighted by molar-refractivity contribution is -0.183. The summed E-state index contributed by atoms with van der Waals surface area (Å²) in [5, 5.41) is -1.41. The van der Waals surface area contributed by atoms with Gasteiger partial charge in [0.2, 0.25) is 0 Å². The van der Waals surface area contributed by atoms with Crippen LogP contribution in [0, 0.1) is 0 Å². The van der Waals surface area contributed by atoms with Gasteiger partial charge in [0.1, 0.15) is 23.7 Å². The number of carbonyl (C=O) groups is 4. The molecule has 10 rings (SSSR count). The number of esters is 4. The van der Waals surface area contributed by atoms with Crippen molar-refractivity contribution in [2.75, 3.05) is 13.2 Å². The Labute approximate surface area is 491 Å². The van der Waals surface area contributed by atoms with Crippen molar-refractivity contribution in [1.29, 1.82) is 0 Å². The molecule has 13 nitrogen and oxygen atoms in total. The van der Waals surface area contributed by atoms with Crippen molar-refractivity contribution in [3.63, 3.8) is 0 Å². The average molecular weight is 1150 g/mol. The zero-order valence-electron chi connectivity index (χ0n) is 45.2. The molecule has 2 heterocycles. The second kappa shape index (κ2) is 29.9. The number of hydrogen-bond acceptors (Lipinski definition) is 15. The van der Waals surface area contributed by atoms with Crippen LogP contribution in [0.15, 0.2) is 243 Å². The second-order valence-corrected chi connectivity index (χ2v) is 22.4. The van der Waals surface area contributed by atoms with Gasteiger partial charge in [-0.05, 0) is 70.8 Å². The summed E-state index contributed by atoms with van der Waals surface area (Å²) in [7, 11) is 0. The van der Waals surface area contributed by atoms with Crippen molar-refractivity contribution >= 4 is 47.4 Å². The Kier molecular flexibility index (Phi) is 21.0. The molecule has 0 aromatic heterocycles. The van der Waals surface area contributed by atoms with Crippen LogP contribution in [0.25, 0.3) is 0 Å². The molecule has 0 bridgehead atoms. The maximum Gasteiger partial charge on any atom is 0.339 e. The van der Waals surface area contributed by atoms with Crippen LogP contribution in [0.4, 0.5) is 0 Å². The molecule has 0 radical (unpaired) electrons. The predicted octanol–water partition coefficient (Wildman–Crippen LogP) is 12.4. The Hall–Kier alpha value is -7.86. The zero-order chi connectivity index (χ0) is 57.0. The predicted molar refractivity (Wildman–Crippen MR) is 316 cm³/mol. The molecule has 15 heteroatoms. The summed E-state index contributed by atoms with van der Waals surface area (Å²) in [6, 6.07) is 72.7. The standard InChI is InChI=1S/C68H62O13S2/c69-63(51-33-17-5-18-34-51)78-58-56(83-68(81-66(72)54-39-23-8-24-40-54)62(80-65(71)53-37-21-7-22-38-53)60(58)79-64(70)52-35-19-6-20-36-52)46-77-67-61(76-44-50-31-15-4-16-32-50)59(75-43-49-29-13-3-14-30-49)57(74-42-48-27-11-2-12-28-48)55(82-67)45-73-41-47-25-9-1-10-26-47/h1-40,55-62,67-68H,41-46H2/t55-,56-,57-,58-,59+,60+,61-,62-,67+,68+/m1/s1. The fraction of sp³-hybridized carbons (Fsp3) is 0.235. The first kappa shape index (κ1) is 58.3.